The van der Waals surface area contributed by atoms with Crippen molar-refractivity contribution in [2.75, 3.05) is 0 Å². The average Bonchev–Trinajstić information content (AvgIpc) is 2.32. The first kappa shape index (κ1) is 7.21. The fraction of sp³-hybridized carbons (Fsp3) is 0.375. The molecule has 2 rings (SSSR count). The van der Waals surface area contributed by atoms with Gasteiger partial charge in [0.2, 0.25) is 5.78 Å². The van der Waals surface area contributed by atoms with Crippen molar-refractivity contribution in [3.63, 3.8) is 0 Å². The number of nitrogens with one attached hydrogen (secondary N) is 1. The lowest BCUT2D eigenvalue weighted by atomic mass is 10.1. The van der Waals surface area contributed by atoms with Crippen LogP contribution in [0.2, 0.25) is 0 Å². The first-order valence-corrected chi connectivity index (χ1v) is 3.83. The normalized spacial score (nSPS) is 32.9. The Labute approximate surface area is 70.1 Å². The zero-order valence-electron chi connectivity index (χ0n) is 6.70. The third-order valence-corrected chi connectivity index (χ3v) is 2.06. The molecule has 0 aromatic rings. The Kier molecular flexibility index (Phi) is 1.36. The molecular formula is C8H10N2O2. The van der Waals surface area contributed by atoms with E-state index >= 15 is 0 Å². The van der Waals surface area contributed by atoms with E-state index in [1.165, 1.54) is 0 Å². The molecule has 2 heterocycles. The summed E-state index contributed by atoms with van der Waals surface area (Å²) < 4.78 is 5.28. The molecular weight excluding hydrogens is 156 g/mol. The number of fused-ring (bicyclic) bond motifs is 1. The standard InChI is InChI=1S/C8H10N2O2/c1-4-7(11)6-8(12-4)5(9)2-3-10-6/h2-4,6,10H,9H2,1H3. The van der Waals surface area contributed by atoms with Gasteiger partial charge in [0.05, 0.1) is 5.70 Å². The van der Waals surface area contributed by atoms with E-state index in [4.69, 9.17) is 10.5 Å². The van der Waals surface area contributed by atoms with Crippen LogP contribution in [0.1, 0.15) is 6.92 Å². The van der Waals surface area contributed by atoms with Gasteiger partial charge in [-0.3, -0.25) is 4.79 Å². The van der Waals surface area contributed by atoms with Crippen molar-refractivity contribution in [3.8, 4) is 0 Å². The molecule has 4 nitrogen and oxygen atoms in total. The van der Waals surface area contributed by atoms with Gasteiger partial charge in [0.1, 0.15) is 11.8 Å². The molecule has 0 aliphatic carbocycles. The highest BCUT2D eigenvalue weighted by molar-refractivity contribution is 5.93. The molecule has 64 valence electrons. The van der Waals surface area contributed by atoms with Gasteiger partial charge in [-0.2, -0.15) is 0 Å². The monoisotopic (exact) mass is 166 g/mol. The molecule has 2 unspecified atom stereocenters. The summed E-state index contributed by atoms with van der Waals surface area (Å²) in [7, 11) is 0. The SMILES string of the molecule is CC1OC2=C(N)C=CNC2C1=O. The molecule has 0 aromatic heterocycles. The van der Waals surface area contributed by atoms with Crippen LogP contribution in [-0.2, 0) is 9.53 Å². The topological polar surface area (TPSA) is 64.3 Å². The molecule has 0 amide bonds. The number of rotatable bonds is 0. The zero-order valence-corrected chi connectivity index (χ0v) is 6.70. The summed E-state index contributed by atoms with van der Waals surface area (Å²) in [6, 6.07) is -0.356. The molecule has 0 radical (unpaired) electrons. The highest BCUT2D eigenvalue weighted by Crippen LogP contribution is 2.24. The minimum atomic E-state index is -0.379. The second-order valence-electron chi connectivity index (χ2n) is 2.92. The van der Waals surface area contributed by atoms with Crippen molar-refractivity contribution < 1.29 is 9.53 Å². The number of dihydropyridines is 1. The van der Waals surface area contributed by atoms with Crippen LogP contribution in [0.4, 0.5) is 0 Å². The van der Waals surface area contributed by atoms with Gasteiger partial charge >= 0.3 is 0 Å². The molecule has 2 aliphatic rings. The van der Waals surface area contributed by atoms with Gasteiger partial charge < -0.3 is 15.8 Å². The number of allylic oxidation sites excluding steroid dienone is 1. The Hall–Kier alpha value is -1.45. The Morgan fingerprint density at radius 3 is 3.08 bits per heavy atom. The fourth-order valence-corrected chi connectivity index (χ4v) is 1.39. The summed E-state index contributed by atoms with van der Waals surface area (Å²) in [6.07, 6.45) is 2.98. The first-order valence-electron chi connectivity index (χ1n) is 3.83. The Morgan fingerprint density at radius 2 is 2.42 bits per heavy atom. The molecule has 2 atom stereocenters. The summed E-state index contributed by atoms with van der Waals surface area (Å²) in [4.78, 5) is 11.4. The molecule has 0 bridgehead atoms. The Bertz CT molecular complexity index is 293. The molecule has 0 aromatic carbocycles. The maximum atomic E-state index is 11.4. The molecule has 0 saturated carbocycles. The zero-order chi connectivity index (χ0) is 8.72. The van der Waals surface area contributed by atoms with Crippen LogP contribution < -0.4 is 11.1 Å². The van der Waals surface area contributed by atoms with E-state index in [1.54, 1.807) is 19.2 Å². The highest BCUT2D eigenvalue weighted by Gasteiger charge is 2.39. The third-order valence-electron chi connectivity index (χ3n) is 2.06. The molecule has 3 N–H and O–H groups in total. The Balaban J connectivity index is 2.39. The largest absolute Gasteiger partial charge is 0.482 e. The summed E-state index contributed by atoms with van der Waals surface area (Å²) in [5, 5.41) is 2.90. The van der Waals surface area contributed by atoms with E-state index in [-0.39, 0.29) is 17.9 Å². The van der Waals surface area contributed by atoms with E-state index in [1.807, 2.05) is 0 Å². The number of hydrogen-bond donors (Lipinski definition) is 2. The second kappa shape index (κ2) is 2.27. The van der Waals surface area contributed by atoms with E-state index < -0.39 is 0 Å². The lowest BCUT2D eigenvalue weighted by Crippen LogP contribution is -2.35. The van der Waals surface area contributed by atoms with Crippen molar-refractivity contribution in [1.82, 2.24) is 5.32 Å². The van der Waals surface area contributed by atoms with Crippen LogP contribution in [0.25, 0.3) is 0 Å². The number of carbonyl (C=O) groups is 1. The molecule has 12 heavy (non-hydrogen) atoms. The maximum absolute atomic E-state index is 11.4. The van der Waals surface area contributed by atoms with Crippen LogP contribution in [0, 0.1) is 0 Å². The van der Waals surface area contributed by atoms with Gasteiger partial charge in [0.25, 0.3) is 0 Å². The van der Waals surface area contributed by atoms with Gasteiger partial charge in [-0.15, -0.1) is 0 Å². The lowest BCUT2D eigenvalue weighted by molar-refractivity contribution is -0.122. The minimum Gasteiger partial charge on any atom is -0.482 e. The van der Waals surface area contributed by atoms with Crippen LogP contribution >= 0.6 is 0 Å². The van der Waals surface area contributed by atoms with Crippen LogP contribution in [0.15, 0.2) is 23.7 Å². The smallest absolute Gasteiger partial charge is 0.202 e. The van der Waals surface area contributed by atoms with Crippen LogP contribution in [0.3, 0.4) is 0 Å². The van der Waals surface area contributed by atoms with Gasteiger partial charge in [0.15, 0.2) is 6.10 Å². The molecule has 2 aliphatic heterocycles. The summed E-state index contributed by atoms with van der Waals surface area (Å²) in [5.74, 6) is 0.604. The van der Waals surface area contributed by atoms with E-state index in [0.29, 0.717) is 11.5 Å². The first-order chi connectivity index (χ1) is 5.70. The fourth-order valence-electron chi connectivity index (χ4n) is 1.39. The van der Waals surface area contributed by atoms with Crippen LogP contribution in [0.5, 0.6) is 0 Å². The van der Waals surface area contributed by atoms with Crippen LogP contribution in [-0.4, -0.2) is 17.9 Å². The van der Waals surface area contributed by atoms with E-state index in [0.717, 1.165) is 0 Å². The van der Waals surface area contributed by atoms with Crippen molar-refractivity contribution in [2.24, 2.45) is 5.73 Å². The number of ketones is 1. The Morgan fingerprint density at radius 1 is 1.67 bits per heavy atom. The maximum Gasteiger partial charge on any atom is 0.202 e. The summed E-state index contributed by atoms with van der Waals surface area (Å²) in [6.45, 7) is 1.72. The summed E-state index contributed by atoms with van der Waals surface area (Å²) in [5.41, 5.74) is 6.16. The summed E-state index contributed by atoms with van der Waals surface area (Å²) >= 11 is 0. The van der Waals surface area contributed by atoms with Gasteiger partial charge in [-0.05, 0) is 19.2 Å². The minimum absolute atomic E-state index is 0.0392. The van der Waals surface area contributed by atoms with E-state index in [2.05, 4.69) is 5.32 Å². The number of carbonyl (C=O) groups excluding carboxylic acids is 1. The predicted octanol–water partition coefficient (Wildman–Crippen LogP) is -0.370. The second-order valence-corrected chi connectivity index (χ2v) is 2.92. The van der Waals surface area contributed by atoms with Crippen molar-refractivity contribution >= 4 is 5.78 Å². The molecule has 0 spiro atoms. The quantitative estimate of drug-likeness (QED) is 0.515. The van der Waals surface area contributed by atoms with Gasteiger partial charge in [0, 0.05) is 0 Å². The van der Waals surface area contributed by atoms with Crippen molar-refractivity contribution in [3.05, 3.63) is 23.7 Å². The van der Waals surface area contributed by atoms with Crippen molar-refractivity contribution in [1.29, 1.82) is 0 Å². The molecule has 1 saturated heterocycles. The number of nitrogens with two attached hydrogens (primary N) is 1. The average molecular weight is 166 g/mol. The van der Waals surface area contributed by atoms with Crippen molar-refractivity contribution in [2.45, 2.75) is 19.1 Å². The van der Waals surface area contributed by atoms with E-state index in [9.17, 15) is 4.79 Å². The lowest BCUT2D eigenvalue weighted by Gasteiger charge is -2.14. The molecule has 4 heteroatoms. The molecule has 1 fully saturated rings. The number of Topliss-reactive ketones (excluding diaryl/α,β-unsaturated/α-hetero) is 1. The number of ether oxygens (including phenoxy) is 1. The highest BCUT2D eigenvalue weighted by atomic mass is 16.5. The van der Waals surface area contributed by atoms with Gasteiger partial charge in [-0.25, -0.2) is 0 Å². The predicted molar refractivity (Wildman–Crippen MR) is 42.8 cm³/mol. The number of hydrogen-bond acceptors (Lipinski definition) is 4. The van der Waals surface area contributed by atoms with Gasteiger partial charge in [-0.1, -0.05) is 0 Å². The third kappa shape index (κ3) is 0.809.